The van der Waals surface area contributed by atoms with E-state index in [0.717, 1.165) is 23.9 Å². The molecule has 1 aromatic carbocycles. The number of rotatable bonds is 1. The molecule has 4 heteroatoms. The zero-order chi connectivity index (χ0) is 12.0. The molecule has 1 unspecified atom stereocenters. The third-order valence-corrected chi connectivity index (χ3v) is 3.66. The van der Waals surface area contributed by atoms with Crippen LogP contribution >= 0.6 is 0 Å². The number of nitrogens with one attached hydrogen (secondary N) is 1. The number of phenolic OH excluding ortho intramolecular Hbond substituents is 1. The Bertz CT molecular complexity index is 574. The van der Waals surface area contributed by atoms with Crippen molar-refractivity contribution in [2.45, 2.75) is 19.0 Å². The van der Waals surface area contributed by atoms with E-state index in [4.69, 9.17) is 0 Å². The molecule has 0 saturated carbocycles. The number of para-hydroxylation sites is 1. The van der Waals surface area contributed by atoms with E-state index in [1.54, 1.807) is 6.07 Å². The first-order valence-corrected chi connectivity index (χ1v) is 5.84. The molecule has 0 amide bonds. The highest BCUT2D eigenvalue weighted by molar-refractivity contribution is 5.90. The third kappa shape index (κ3) is 1.45. The summed E-state index contributed by atoms with van der Waals surface area (Å²) in [6.45, 7) is 0.889. The molecule has 17 heavy (non-hydrogen) atoms. The molecule has 1 aromatic heterocycles. The fourth-order valence-corrected chi connectivity index (χ4v) is 2.76. The number of hydrogen-bond acceptors (Lipinski definition) is 3. The minimum Gasteiger partial charge on any atom is -0.506 e. The molecule has 90 valence electrons. The van der Waals surface area contributed by atoms with Crippen LogP contribution in [0.5, 0.6) is 5.75 Å². The Morgan fingerprint density at radius 1 is 1.47 bits per heavy atom. The summed E-state index contributed by atoms with van der Waals surface area (Å²) in [6.07, 6.45) is 0.812. The van der Waals surface area contributed by atoms with E-state index in [0.29, 0.717) is 5.75 Å². The lowest BCUT2D eigenvalue weighted by Crippen LogP contribution is -2.38. The predicted molar refractivity (Wildman–Crippen MR) is 66.0 cm³/mol. The maximum atomic E-state index is 9.93. The van der Waals surface area contributed by atoms with Crippen molar-refractivity contribution in [1.82, 2.24) is 9.88 Å². The van der Waals surface area contributed by atoms with Crippen LogP contribution in [0.3, 0.4) is 0 Å². The van der Waals surface area contributed by atoms with Crippen LogP contribution in [0, 0.1) is 0 Å². The summed E-state index contributed by atoms with van der Waals surface area (Å²) >= 11 is 0. The normalized spacial score (nSPS) is 19.5. The average Bonchev–Trinajstić information content (AvgIpc) is 2.64. The van der Waals surface area contributed by atoms with Gasteiger partial charge in [-0.15, -0.1) is 0 Å². The van der Waals surface area contributed by atoms with Gasteiger partial charge < -0.3 is 20.1 Å². The minimum atomic E-state index is 0.121. The van der Waals surface area contributed by atoms with Gasteiger partial charge >= 0.3 is 0 Å². The van der Waals surface area contributed by atoms with E-state index in [2.05, 4.69) is 5.32 Å². The van der Waals surface area contributed by atoms with E-state index >= 15 is 0 Å². The molecular weight excluding hydrogens is 216 g/mol. The number of benzene rings is 1. The molecule has 1 aliphatic heterocycles. The highest BCUT2D eigenvalue weighted by Gasteiger charge is 2.24. The van der Waals surface area contributed by atoms with Gasteiger partial charge in [-0.3, -0.25) is 0 Å². The molecule has 1 aliphatic rings. The average molecular weight is 232 g/mol. The van der Waals surface area contributed by atoms with Crippen molar-refractivity contribution < 1.29 is 10.2 Å². The molecule has 1 atom stereocenters. The second-order valence-electron chi connectivity index (χ2n) is 4.62. The van der Waals surface area contributed by atoms with Crippen LogP contribution < -0.4 is 5.32 Å². The maximum absolute atomic E-state index is 9.93. The number of nitrogens with zero attached hydrogens (tertiary/aromatic N) is 1. The number of fused-ring (bicyclic) bond motifs is 3. The minimum absolute atomic E-state index is 0.121. The lowest BCUT2D eigenvalue weighted by Gasteiger charge is -2.23. The maximum Gasteiger partial charge on any atom is 0.139 e. The number of aromatic hydroxyl groups is 1. The van der Waals surface area contributed by atoms with Gasteiger partial charge in [0, 0.05) is 30.7 Å². The smallest absolute Gasteiger partial charge is 0.139 e. The molecule has 0 saturated heterocycles. The van der Waals surface area contributed by atoms with Crippen LogP contribution in [-0.4, -0.2) is 27.4 Å². The zero-order valence-electron chi connectivity index (χ0n) is 9.77. The van der Waals surface area contributed by atoms with Gasteiger partial charge in [0.15, 0.2) is 0 Å². The Labute approximate surface area is 99.5 Å². The highest BCUT2D eigenvalue weighted by Crippen LogP contribution is 2.33. The van der Waals surface area contributed by atoms with Crippen molar-refractivity contribution in [1.29, 1.82) is 0 Å². The summed E-state index contributed by atoms with van der Waals surface area (Å²) in [7, 11) is 1.97. The van der Waals surface area contributed by atoms with Crippen LogP contribution in [0.2, 0.25) is 0 Å². The second-order valence-corrected chi connectivity index (χ2v) is 4.62. The Morgan fingerprint density at radius 3 is 3.06 bits per heavy atom. The van der Waals surface area contributed by atoms with Crippen molar-refractivity contribution in [3.05, 3.63) is 29.5 Å². The summed E-state index contributed by atoms with van der Waals surface area (Å²) in [5, 5.41) is 23.6. The van der Waals surface area contributed by atoms with Crippen LogP contribution in [0.15, 0.2) is 18.2 Å². The molecule has 0 radical (unpaired) electrons. The van der Waals surface area contributed by atoms with Crippen LogP contribution in [0.25, 0.3) is 10.9 Å². The van der Waals surface area contributed by atoms with Gasteiger partial charge in [0.25, 0.3) is 0 Å². The fraction of sp³-hybridized carbons (Fsp3) is 0.385. The lowest BCUT2D eigenvalue weighted by molar-refractivity contribution is 0.235. The molecule has 4 nitrogen and oxygen atoms in total. The monoisotopic (exact) mass is 232 g/mol. The van der Waals surface area contributed by atoms with Gasteiger partial charge in [-0.25, -0.2) is 0 Å². The molecule has 3 rings (SSSR count). The summed E-state index contributed by atoms with van der Waals surface area (Å²) in [6, 6.07) is 5.74. The molecule has 0 aliphatic carbocycles. The van der Waals surface area contributed by atoms with Gasteiger partial charge in [-0.05, 0) is 18.1 Å². The van der Waals surface area contributed by atoms with Gasteiger partial charge in [0.1, 0.15) is 5.75 Å². The molecule has 2 aromatic rings. The SMILES string of the molecule is Cn1c2c(c3cccc(O)c31)CC(CO)NC2. The molecule has 3 N–H and O–H groups in total. The number of aliphatic hydroxyl groups excluding tert-OH is 1. The zero-order valence-corrected chi connectivity index (χ0v) is 9.77. The Hall–Kier alpha value is -1.52. The number of phenols is 1. The van der Waals surface area contributed by atoms with E-state index < -0.39 is 0 Å². The van der Waals surface area contributed by atoms with Crippen molar-refractivity contribution in [3.8, 4) is 5.75 Å². The standard InChI is InChI=1S/C13H16N2O2/c1-15-11-6-14-8(7-16)5-10(11)9-3-2-4-12(17)13(9)15/h2-4,8,14,16-17H,5-7H2,1H3. The first kappa shape index (κ1) is 10.6. The molecule has 0 bridgehead atoms. The number of aryl methyl sites for hydroxylation is 1. The predicted octanol–water partition coefficient (Wildman–Crippen LogP) is 0.890. The summed E-state index contributed by atoms with van der Waals surface area (Å²) in [4.78, 5) is 0. The Morgan fingerprint density at radius 2 is 2.29 bits per heavy atom. The Kier molecular flexibility index (Phi) is 2.34. The topological polar surface area (TPSA) is 57.4 Å². The summed E-state index contributed by atoms with van der Waals surface area (Å²) in [5.74, 6) is 0.319. The highest BCUT2D eigenvalue weighted by atomic mass is 16.3. The molecule has 0 spiro atoms. The van der Waals surface area contributed by atoms with E-state index in [1.165, 1.54) is 11.3 Å². The lowest BCUT2D eigenvalue weighted by atomic mass is 9.99. The largest absolute Gasteiger partial charge is 0.506 e. The van der Waals surface area contributed by atoms with E-state index in [9.17, 15) is 10.2 Å². The molecular formula is C13H16N2O2. The molecule has 2 heterocycles. The van der Waals surface area contributed by atoms with Crippen LogP contribution in [-0.2, 0) is 20.0 Å². The van der Waals surface area contributed by atoms with Crippen molar-refractivity contribution in [3.63, 3.8) is 0 Å². The quantitative estimate of drug-likeness (QED) is 0.684. The number of hydrogen-bond donors (Lipinski definition) is 3. The fourth-order valence-electron chi connectivity index (χ4n) is 2.76. The summed E-state index contributed by atoms with van der Waals surface area (Å²) in [5.41, 5.74) is 3.33. The second kappa shape index (κ2) is 3.75. The van der Waals surface area contributed by atoms with Gasteiger partial charge in [-0.1, -0.05) is 12.1 Å². The first-order chi connectivity index (χ1) is 8.22. The Balaban J connectivity index is 2.26. The summed E-state index contributed by atoms with van der Waals surface area (Å²) < 4.78 is 2.04. The number of aromatic nitrogens is 1. The van der Waals surface area contributed by atoms with Gasteiger partial charge in [-0.2, -0.15) is 0 Å². The van der Waals surface area contributed by atoms with Gasteiger partial charge in [0.05, 0.1) is 12.1 Å². The van der Waals surface area contributed by atoms with Crippen molar-refractivity contribution >= 4 is 10.9 Å². The molecule has 0 fully saturated rings. The van der Waals surface area contributed by atoms with Crippen LogP contribution in [0.4, 0.5) is 0 Å². The van der Waals surface area contributed by atoms with Crippen molar-refractivity contribution in [2.75, 3.05) is 6.61 Å². The van der Waals surface area contributed by atoms with Gasteiger partial charge in [0.2, 0.25) is 0 Å². The first-order valence-electron chi connectivity index (χ1n) is 5.84. The van der Waals surface area contributed by atoms with E-state index in [-0.39, 0.29) is 12.6 Å². The van der Waals surface area contributed by atoms with E-state index in [1.807, 2.05) is 23.7 Å². The number of aliphatic hydroxyl groups is 1. The van der Waals surface area contributed by atoms with Crippen molar-refractivity contribution in [2.24, 2.45) is 7.05 Å². The van der Waals surface area contributed by atoms with Crippen LogP contribution in [0.1, 0.15) is 11.3 Å². The third-order valence-electron chi connectivity index (χ3n) is 3.66.